The van der Waals surface area contributed by atoms with Crippen LogP contribution >= 0.6 is 0 Å². The van der Waals surface area contributed by atoms with E-state index >= 15 is 0 Å². The number of piperidine rings is 1. The van der Waals surface area contributed by atoms with Gasteiger partial charge < -0.3 is 11.1 Å². The molecule has 2 rings (SSSR count). The number of benzene rings is 1. The lowest BCUT2D eigenvalue weighted by molar-refractivity contribution is -0.117. The van der Waals surface area contributed by atoms with Crippen molar-refractivity contribution < 1.29 is 18.0 Å². The molecule has 1 heterocycles. The molecule has 0 aromatic heterocycles. The lowest BCUT2D eigenvalue weighted by Gasteiger charge is -2.34. The van der Waals surface area contributed by atoms with Gasteiger partial charge in [0.1, 0.15) is 0 Å². The molecule has 0 saturated carbocycles. The average molecular weight is 353 g/mol. The summed E-state index contributed by atoms with van der Waals surface area (Å²) in [6, 6.07) is 5.69. The molecule has 0 bridgehead atoms. The van der Waals surface area contributed by atoms with Crippen molar-refractivity contribution in [1.29, 1.82) is 0 Å². The number of nitrogens with one attached hydrogen (secondary N) is 1. The van der Waals surface area contributed by atoms with Crippen LogP contribution in [0.5, 0.6) is 0 Å². The van der Waals surface area contributed by atoms with Crippen LogP contribution in [0.4, 0.5) is 0 Å². The molecule has 1 aromatic carbocycles. The molecule has 0 aliphatic carbocycles. The molecule has 0 spiro atoms. The summed E-state index contributed by atoms with van der Waals surface area (Å²) >= 11 is 0. The van der Waals surface area contributed by atoms with Gasteiger partial charge in [0.05, 0.1) is 11.4 Å². The van der Waals surface area contributed by atoms with Crippen molar-refractivity contribution in [1.82, 2.24) is 9.62 Å². The first-order chi connectivity index (χ1) is 11.2. The number of hydrogen-bond donors (Lipinski definition) is 2. The second-order valence-electron chi connectivity index (χ2n) is 6.44. The number of nitrogens with two attached hydrogens (primary N) is 1. The maximum Gasteiger partial charge on any atom is 0.251 e. The van der Waals surface area contributed by atoms with E-state index < -0.39 is 21.8 Å². The lowest BCUT2D eigenvalue weighted by atomic mass is 9.94. The minimum atomic E-state index is -3.57. The Hall–Kier alpha value is -1.93. The summed E-state index contributed by atoms with van der Waals surface area (Å²) in [6.45, 7) is 4.85. The molecule has 2 amide bonds. The SMILES string of the molecule is C[C@@H]1C[C@@H](C)CN(S(=O)(=O)c2ccc(C(=O)NCC(N)=O)cc2)C1. The second-order valence-corrected chi connectivity index (χ2v) is 8.38. The first-order valence-corrected chi connectivity index (χ1v) is 9.31. The first kappa shape index (κ1) is 18.4. The molecule has 8 heteroatoms. The van der Waals surface area contributed by atoms with Crippen LogP contribution in [0.2, 0.25) is 0 Å². The number of sulfonamides is 1. The van der Waals surface area contributed by atoms with E-state index in [1.165, 1.54) is 28.6 Å². The number of primary amides is 1. The molecule has 3 N–H and O–H groups in total. The molecule has 1 aliphatic heterocycles. The summed E-state index contributed by atoms with van der Waals surface area (Å²) in [4.78, 5) is 22.7. The van der Waals surface area contributed by atoms with Crippen molar-refractivity contribution in [2.24, 2.45) is 17.6 Å². The molecule has 0 unspecified atom stereocenters. The van der Waals surface area contributed by atoms with Crippen molar-refractivity contribution in [3.63, 3.8) is 0 Å². The third kappa shape index (κ3) is 4.33. The van der Waals surface area contributed by atoms with Gasteiger partial charge >= 0.3 is 0 Å². The Kier molecular flexibility index (Phi) is 5.61. The van der Waals surface area contributed by atoms with Crippen molar-refractivity contribution in [3.05, 3.63) is 29.8 Å². The highest BCUT2D eigenvalue weighted by Gasteiger charge is 2.31. The third-order valence-electron chi connectivity index (χ3n) is 4.01. The Bertz CT molecular complexity index is 705. The van der Waals surface area contributed by atoms with Crippen LogP contribution in [0.1, 0.15) is 30.6 Å². The van der Waals surface area contributed by atoms with Crippen LogP contribution in [-0.2, 0) is 14.8 Å². The van der Waals surface area contributed by atoms with Crippen molar-refractivity contribution in [2.45, 2.75) is 25.2 Å². The fourth-order valence-electron chi connectivity index (χ4n) is 3.00. The molecular formula is C16H23N3O4S. The Labute approximate surface area is 142 Å². The number of amides is 2. The summed E-state index contributed by atoms with van der Waals surface area (Å²) in [5.74, 6) is -0.474. The van der Waals surface area contributed by atoms with E-state index in [1.54, 1.807) is 0 Å². The maximum absolute atomic E-state index is 12.7. The van der Waals surface area contributed by atoms with Crippen LogP contribution in [0.25, 0.3) is 0 Å². The zero-order chi connectivity index (χ0) is 17.9. The van der Waals surface area contributed by atoms with Gasteiger partial charge in [-0.05, 0) is 42.5 Å². The summed E-state index contributed by atoms with van der Waals surface area (Å²) in [5, 5.41) is 2.36. The van der Waals surface area contributed by atoms with Gasteiger partial charge in [0.15, 0.2) is 0 Å². The predicted octanol–water partition coefficient (Wildman–Crippen LogP) is 0.568. The Balaban J connectivity index is 2.14. The predicted molar refractivity (Wildman–Crippen MR) is 89.7 cm³/mol. The van der Waals surface area contributed by atoms with E-state index in [4.69, 9.17) is 5.73 Å². The van der Waals surface area contributed by atoms with Crippen LogP contribution in [-0.4, -0.2) is 44.2 Å². The van der Waals surface area contributed by atoms with E-state index in [0.29, 0.717) is 24.9 Å². The topological polar surface area (TPSA) is 110 Å². The zero-order valence-corrected chi connectivity index (χ0v) is 14.7. The molecule has 132 valence electrons. The quantitative estimate of drug-likeness (QED) is 0.806. The fourth-order valence-corrected chi connectivity index (χ4v) is 4.68. The van der Waals surface area contributed by atoms with Crippen LogP contribution in [0.15, 0.2) is 29.2 Å². The van der Waals surface area contributed by atoms with E-state index in [-0.39, 0.29) is 17.0 Å². The van der Waals surface area contributed by atoms with Crippen LogP contribution in [0.3, 0.4) is 0 Å². The summed E-state index contributed by atoms with van der Waals surface area (Å²) in [7, 11) is -3.57. The zero-order valence-electron chi connectivity index (χ0n) is 13.9. The van der Waals surface area contributed by atoms with E-state index in [1.807, 2.05) is 13.8 Å². The molecule has 24 heavy (non-hydrogen) atoms. The standard InChI is InChI=1S/C16H23N3O4S/c1-11-7-12(2)10-19(9-11)24(22,23)14-5-3-13(4-6-14)16(21)18-8-15(17)20/h3-6,11-12H,7-10H2,1-2H3,(H2,17,20)(H,18,21)/t11-,12-/m1/s1. The highest BCUT2D eigenvalue weighted by atomic mass is 32.2. The average Bonchev–Trinajstić information content (AvgIpc) is 2.51. The molecule has 1 aliphatic rings. The molecule has 1 fully saturated rings. The minimum absolute atomic E-state index is 0.162. The molecular weight excluding hydrogens is 330 g/mol. The Morgan fingerprint density at radius 2 is 1.71 bits per heavy atom. The molecule has 2 atom stereocenters. The minimum Gasteiger partial charge on any atom is -0.368 e. The summed E-state index contributed by atoms with van der Waals surface area (Å²) < 4.78 is 27.0. The monoisotopic (exact) mass is 353 g/mol. The number of carbonyl (C=O) groups excluding carboxylic acids is 2. The van der Waals surface area contributed by atoms with Crippen molar-refractivity contribution in [3.8, 4) is 0 Å². The maximum atomic E-state index is 12.7. The highest BCUT2D eigenvalue weighted by Crippen LogP contribution is 2.26. The fraction of sp³-hybridized carbons (Fsp3) is 0.500. The number of nitrogens with zero attached hydrogens (tertiary/aromatic N) is 1. The van der Waals surface area contributed by atoms with Crippen molar-refractivity contribution >= 4 is 21.8 Å². The highest BCUT2D eigenvalue weighted by molar-refractivity contribution is 7.89. The lowest BCUT2D eigenvalue weighted by Crippen LogP contribution is -2.42. The Morgan fingerprint density at radius 3 is 2.21 bits per heavy atom. The number of hydrogen-bond acceptors (Lipinski definition) is 4. The first-order valence-electron chi connectivity index (χ1n) is 7.87. The van der Waals surface area contributed by atoms with Gasteiger partial charge in [-0.25, -0.2) is 8.42 Å². The second kappa shape index (κ2) is 7.31. The van der Waals surface area contributed by atoms with Gasteiger partial charge in [0.2, 0.25) is 15.9 Å². The van der Waals surface area contributed by atoms with Gasteiger partial charge in [0, 0.05) is 18.7 Å². The van der Waals surface area contributed by atoms with Gasteiger partial charge in [-0.2, -0.15) is 4.31 Å². The molecule has 1 saturated heterocycles. The van der Waals surface area contributed by atoms with Crippen LogP contribution < -0.4 is 11.1 Å². The van der Waals surface area contributed by atoms with E-state index in [9.17, 15) is 18.0 Å². The smallest absolute Gasteiger partial charge is 0.251 e. The van der Waals surface area contributed by atoms with Gasteiger partial charge in [-0.1, -0.05) is 13.8 Å². The van der Waals surface area contributed by atoms with Gasteiger partial charge in [0.25, 0.3) is 5.91 Å². The summed E-state index contributed by atoms with van der Waals surface area (Å²) in [5.41, 5.74) is 5.24. The number of rotatable bonds is 5. The Morgan fingerprint density at radius 1 is 1.17 bits per heavy atom. The normalized spacial score (nSPS) is 22.1. The van der Waals surface area contributed by atoms with E-state index in [0.717, 1.165) is 6.42 Å². The molecule has 1 aromatic rings. The summed E-state index contributed by atoms with van der Waals surface area (Å²) in [6.07, 6.45) is 1.02. The molecule has 0 radical (unpaired) electrons. The third-order valence-corrected chi connectivity index (χ3v) is 5.86. The van der Waals surface area contributed by atoms with E-state index in [2.05, 4.69) is 5.32 Å². The van der Waals surface area contributed by atoms with Gasteiger partial charge in [-0.15, -0.1) is 0 Å². The largest absolute Gasteiger partial charge is 0.368 e. The number of carbonyl (C=O) groups is 2. The molecule has 7 nitrogen and oxygen atoms in total. The van der Waals surface area contributed by atoms with Crippen molar-refractivity contribution in [2.75, 3.05) is 19.6 Å². The van der Waals surface area contributed by atoms with Crippen LogP contribution in [0, 0.1) is 11.8 Å². The van der Waals surface area contributed by atoms with Gasteiger partial charge in [-0.3, -0.25) is 9.59 Å².